The normalized spacial score (nSPS) is 28.5. The van der Waals surface area contributed by atoms with Crippen LogP contribution >= 0.6 is 0 Å². The van der Waals surface area contributed by atoms with E-state index in [0.29, 0.717) is 30.5 Å². The van der Waals surface area contributed by atoms with Crippen molar-refractivity contribution >= 4 is 5.91 Å². The molecule has 2 aliphatic heterocycles. The molecule has 0 aliphatic carbocycles. The minimum atomic E-state index is 0.302. The number of likely N-dealkylation sites (tertiary alicyclic amines) is 1. The van der Waals surface area contributed by atoms with Crippen LogP contribution in [0.4, 0.5) is 0 Å². The molecule has 0 spiro atoms. The van der Waals surface area contributed by atoms with E-state index in [1.54, 1.807) is 0 Å². The van der Waals surface area contributed by atoms with Crippen LogP contribution in [0.5, 0.6) is 0 Å². The lowest BCUT2D eigenvalue weighted by molar-refractivity contribution is -0.134. The van der Waals surface area contributed by atoms with Gasteiger partial charge in [0.25, 0.3) is 0 Å². The Morgan fingerprint density at radius 3 is 3.00 bits per heavy atom. The monoisotopic (exact) mass is 287 g/mol. The second kappa shape index (κ2) is 6.18. The molecule has 1 aromatic carbocycles. The summed E-state index contributed by atoms with van der Waals surface area (Å²) < 4.78 is 5.90. The van der Waals surface area contributed by atoms with E-state index < -0.39 is 0 Å². The van der Waals surface area contributed by atoms with Gasteiger partial charge < -0.3 is 9.64 Å². The van der Waals surface area contributed by atoms with Gasteiger partial charge in [0, 0.05) is 25.4 Å². The van der Waals surface area contributed by atoms with E-state index in [-0.39, 0.29) is 0 Å². The number of carbonyl (C=O) groups excluding carboxylic acids is 1. The summed E-state index contributed by atoms with van der Waals surface area (Å²) in [4.78, 5) is 14.5. The van der Waals surface area contributed by atoms with Crippen LogP contribution in [0, 0.1) is 12.8 Å². The fourth-order valence-electron chi connectivity index (χ4n) is 3.71. The van der Waals surface area contributed by atoms with Gasteiger partial charge in [-0.2, -0.15) is 0 Å². The van der Waals surface area contributed by atoms with Gasteiger partial charge in [0.15, 0.2) is 0 Å². The highest BCUT2D eigenvalue weighted by molar-refractivity contribution is 5.76. The van der Waals surface area contributed by atoms with Crippen molar-refractivity contribution in [2.24, 2.45) is 5.92 Å². The SMILES string of the molecule is Cc1ccccc1CCC(=O)N1CC[C@@H]2O[C@@H](C)C[C@H]2C1. The van der Waals surface area contributed by atoms with Crippen LogP contribution in [-0.4, -0.2) is 36.1 Å². The highest BCUT2D eigenvalue weighted by atomic mass is 16.5. The van der Waals surface area contributed by atoms with Crippen molar-refractivity contribution in [2.45, 2.75) is 51.7 Å². The zero-order valence-corrected chi connectivity index (χ0v) is 13.0. The number of piperidine rings is 1. The minimum absolute atomic E-state index is 0.302. The number of hydrogen-bond acceptors (Lipinski definition) is 2. The van der Waals surface area contributed by atoms with Gasteiger partial charge in [-0.15, -0.1) is 0 Å². The summed E-state index contributed by atoms with van der Waals surface area (Å²) in [6, 6.07) is 8.34. The number of hydrogen-bond donors (Lipinski definition) is 0. The maximum Gasteiger partial charge on any atom is 0.222 e. The number of ether oxygens (including phenoxy) is 1. The molecule has 1 aromatic rings. The third kappa shape index (κ3) is 3.29. The first-order chi connectivity index (χ1) is 10.1. The van der Waals surface area contributed by atoms with Gasteiger partial charge in [-0.05, 0) is 44.2 Å². The van der Waals surface area contributed by atoms with Crippen LogP contribution in [0.25, 0.3) is 0 Å². The molecule has 1 amide bonds. The van der Waals surface area contributed by atoms with E-state index in [1.165, 1.54) is 11.1 Å². The molecule has 2 heterocycles. The second-order valence-corrected chi connectivity index (χ2v) is 6.54. The molecule has 2 aliphatic rings. The third-order valence-corrected chi connectivity index (χ3v) is 4.93. The molecule has 21 heavy (non-hydrogen) atoms. The predicted molar refractivity (Wildman–Crippen MR) is 83.1 cm³/mol. The van der Waals surface area contributed by atoms with Crippen molar-refractivity contribution in [3.63, 3.8) is 0 Å². The maximum absolute atomic E-state index is 12.4. The van der Waals surface area contributed by atoms with E-state index in [2.05, 4.69) is 36.9 Å². The van der Waals surface area contributed by atoms with E-state index >= 15 is 0 Å². The number of rotatable bonds is 3. The molecule has 0 radical (unpaired) electrons. The molecule has 2 saturated heterocycles. The van der Waals surface area contributed by atoms with E-state index in [4.69, 9.17) is 4.74 Å². The van der Waals surface area contributed by atoms with E-state index in [0.717, 1.165) is 32.4 Å². The zero-order valence-electron chi connectivity index (χ0n) is 13.0. The molecule has 2 fully saturated rings. The Labute approximate surface area is 127 Å². The molecular formula is C18H25NO2. The van der Waals surface area contributed by atoms with Gasteiger partial charge in [-0.25, -0.2) is 0 Å². The second-order valence-electron chi connectivity index (χ2n) is 6.54. The summed E-state index contributed by atoms with van der Waals surface area (Å²) >= 11 is 0. The van der Waals surface area contributed by atoms with Crippen molar-refractivity contribution < 1.29 is 9.53 Å². The lowest BCUT2D eigenvalue weighted by Gasteiger charge is -2.34. The van der Waals surface area contributed by atoms with Crippen LogP contribution < -0.4 is 0 Å². The molecule has 0 N–H and O–H groups in total. The Bertz CT molecular complexity index is 514. The van der Waals surface area contributed by atoms with Gasteiger partial charge in [-0.3, -0.25) is 4.79 Å². The first-order valence-electron chi connectivity index (χ1n) is 8.11. The number of aryl methyl sites for hydroxylation is 2. The molecule has 114 valence electrons. The highest BCUT2D eigenvalue weighted by Crippen LogP contribution is 2.32. The summed E-state index contributed by atoms with van der Waals surface area (Å²) in [7, 11) is 0. The zero-order chi connectivity index (χ0) is 14.8. The van der Waals surface area contributed by atoms with Crippen molar-refractivity contribution in [3.8, 4) is 0 Å². The Morgan fingerprint density at radius 2 is 2.19 bits per heavy atom. The topological polar surface area (TPSA) is 29.5 Å². The van der Waals surface area contributed by atoms with Crippen LogP contribution in [0.2, 0.25) is 0 Å². The van der Waals surface area contributed by atoms with E-state index in [1.807, 2.05) is 6.07 Å². The van der Waals surface area contributed by atoms with Gasteiger partial charge in [0.1, 0.15) is 0 Å². The standard InChI is InChI=1S/C18H25NO2/c1-13-5-3-4-6-15(13)7-8-18(20)19-10-9-17-16(12-19)11-14(2)21-17/h3-6,14,16-17H,7-12H2,1-2H3/t14-,16-,17-/m0/s1. The smallest absolute Gasteiger partial charge is 0.222 e. The van der Waals surface area contributed by atoms with Crippen LogP contribution in [0.15, 0.2) is 24.3 Å². The van der Waals surface area contributed by atoms with Crippen LogP contribution in [-0.2, 0) is 16.0 Å². The van der Waals surface area contributed by atoms with Crippen molar-refractivity contribution in [1.82, 2.24) is 4.90 Å². The first-order valence-corrected chi connectivity index (χ1v) is 8.11. The average molecular weight is 287 g/mol. The molecule has 0 bridgehead atoms. The number of nitrogens with zero attached hydrogens (tertiary/aromatic N) is 1. The average Bonchev–Trinajstić information content (AvgIpc) is 2.85. The molecule has 0 aromatic heterocycles. The summed E-state index contributed by atoms with van der Waals surface area (Å²) in [6.07, 6.45) is 4.33. The summed E-state index contributed by atoms with van der Waals surface area (Å²) in [6.45, 7) is 6.01. The van der Waals surface area contributed by atoms with Crippen molar-refractivity contribution in [3.05, 3.63) is 35.4 Å². The lowest BCUT2D eigenvalue weighted by Crippen LogP contribution is -2.44. The summed E-state index contributed by atoms with van der Waals surface area (Å²) in [5, 5.41) is 0. The summed E-state index contributed by atoms with van der Waals surface area (Å²) in [5.74, 6) is 0.854. The first kappa shape index (κ1) is 14.6. The van der Waals surface area contributed by atoms with Crippen LogP contribution in [0.3, 0.4) is 0 Å². The molecule has 0 unspecified atom stereocenters. The van der Waals surface area contributed by atoms with Crippen molar-refractivity contribution in [2.75, 3.05) is 13.1 Å². The van der Waals surface area contributed by atoms with Crippen molar-refractivity contribution in [1.29, 1.82) is 0 Å². The summed E-state index contributed by atoms with van der Waals surface area (Å²) in [5.41, 5.74) is 2.57. The maximum atomic E-state index is 12.4. The Kier molecular flexibility index (Phi) is 4.29. The molecule has 3 heteroatoms. The fourth-order valence-corrected chi connectivity index (χ4v) is 3.71. The van der Waals surface area contributed by atoms with Crippen LogP contribution in [0.1, 0.15) is 37.3 Å². The lowest BCUT2D eigenvalue weighted by atomic mass is 9.92. The highest BCUT2D eigenvalue weighted by Gasteiger charge is 2.38. The fraction of sp³-hybridized carbons (Fsp3) is 0.611. The molecule has 3 rings (SSSR count). The molecule has 3 nitrogen and oxygen atoms in total. The predicted octanol–water partition coefficient (Wildman–Crippen LogP) is 2.95. The molecular weight excluding hydrogens is 262 g/mol. The number of carbonyl (C=O) groups is 1. The Hall–Kier alpha value is -1.35. The Morgan fingerprint density at radius 1 is 1.38 bits per heavy atom. The van der Waals surface area contributed by atoms with Gasteiger partial charge in [0.05, 0.1) is 12.2 Å². The number of fused-ring (bicyclic) bond motifs is 1. The largest absolute Gasteiger partial charge is 0.375 e. The number of benzene rings is 1. The molecule has 0 saturated carbocycles. The minimum Gasteiger partial charge on any atom is -0.375 e. The van der Waals surface area contributed by atoms with Gasteiger partial charge >= 0.3 is 0 Å². The number of amides is 1. The van der Waals surface area contributed by atoms with Gasteiger partial charge in [-0.1, -0.05) is 24.3 Å². The Balaban J connectivity index is 1.53. The quantitative estimate of drug-likeness (QED) is 0.855. The van der Waals surface area contributed by atoms with E-state index in [9.17, 15) is 4.79 Å². The third-order valence-electron chi connectivity index (χ3n) is 4.93. The van der Waals surface area contributed by atoms with Gasteiger partial charge in [0.2, 0.25) is 5.91 Å². The molecule has 3 atom stereocenters.